The van der Waals surface area contributed by atoms with E-state index in [0.29, 0.717) is 0 Å². The summed E-state index contributed by atoms with van der Waals surface area (Å²) in [7, 11) is 1.49. The van der Waals surface area contributed by atoms with Gasteiger partial charge in [-0.15, -0.1) is 0 Å². The summed E-state index contributed by atoms with van der Waals surface area (Å²) < 4.78 is 2.72. The highest BCUT2D eigenvalue weighted by molar-refractivity contribution is 6.47. The summed E-state index contributed by atoms with van der Waals surface area (Å²) in [4.78, 5) is 0. The van der Waals surface area contributed by atoms with Gasteiger partial charge in [0, 0.05) is 10.2 Å². The first-order chi connectivity index (χ1) is 5.07. The molecule has 0 spiro atoms. The Morgan fingerprint density at radius 3 is 2.18 bits per heavy atom. The van der Waals surface area contributed by atoms with Gasteiger partial charge >= 0.3 is 0 Å². The first kappa shape index (κ1) is 11.4. The first-order valence-corrected chi connectivity index (χ1v) is 7.42. The third-order valence-corrected chi connectivity index (χ3v) is 5.18. The van der Waals surface area contributed by atoms with Gasteiger partial charge in [0.1, 0.15) is 0 Å². The van der Waals surface area contributed by atoms with Crippen molar-refractivity contribution in [3.8, 4) is 0 Å². The Morgan fingerprint density at radius 2 is 1.91 bits per heavy atom. The highest BCUT2D eigenvalue weighted by Gasteiger charge is 2.09. The van der Waals surface area contributed by atoms with Crippen LogP contribution in [0.15, 0.2) is 0 Å². The molecule has 0 aliphatic rings. The summed E-state index contributed by atoms with van der Waals surface area (Å²) in [5, 5.41) is 1.07. The fraction of sp³-hybridized carbons (Fsp3) is 1.00. The van der Waals surface area contributed by atoms with Crippen molar-refractivity contribution in [2.24, 2.45) is 0 Å². The van der Waals surface area contributed by atoms with Gasteiger partial charge in [-0.05, 0) is 19.0 Å². The van der Waals surface area contributed by atoms with Crippen LogP contribution < -0.4 is 0 Å². The molecule has 0 saturated heterocycles. The molecule has 0 heterocycles. The van der Waals surface area contributed by atoms with Crippen LogP contribution in [0.5, 0.6) is 0 Å². The van der Waals surface area contributed by atoms with Crippen LogP contribution in [0.4, 0.5) is 0 Å². The molecule has 1 nitrogen and oxygen atoms in total. The summed E-state index contributed by atoms with van der Waals surface area (Å²) in [6.07, 6.45) is 1.32. The standard InChI is InChI=1S/C8H23NSi2/c1-5-6-9(7(2)3)11-8(4)10/h7-8H,5-6,11H2,1-4,10H3. The van der Waals surface area contributed by atoms with Gasteiger partial charge in [0.05, 0.1) is 9.68 Å². The van der Waals surface area contributed by atoms with E-state index in [-0.39, 0.29) is 9.68 Å². The lowest BCUT2D eigenvalue weighted by atomic mass is 10.4. The summed E-state index contributed by atoms with van der Waals surface area (Å²) in [5.74, 6) is 0. The largest absolute Gasteiger partial charge is 0.327 e. The molecular formula is C8H23NSi2. The average molecular weight is 189 g/mol. The molecule has 3 heteroatoms. The molecule has 0 aromatic carbocycles. The smallest absolute Gasteiger partial charge is 0.0947 e. The minimum atomic E-state index is 0.0967. The van der Waals surface area contributed by atoms with Gasteiger partial charge in [0.25, 0.3) is 0 Å². The van der Waals surface area contributed by atoms with E-state index in [4.69, 9.17) is 0 Å². The van der Waals surface area contributed by atoms with Gasteiger partial charge in [-0.25, -0.2) is 0 Å². The van der Waals surface area contributed by atoms with Crippen LogP contribution in [-0.4, -0.2) is 37.1 Å². The van der Waals surface area contributed by atoms with E-state index >= 15 is 0 Å². The van der Waals surface area contributed by atoms with Crippen LogP contribution in [0.1, 0.15) is 34.1 Å². The second-order valence-corrected chi connectivity index (χ2v) is 10.4. The topological polar surface area (TPSA) is 3.24 Å². The maximum atomic E-state index is 2.72. The maximum Gasteiger partial charge on any atom is 0.0947 e. The number of rotatable bonds is 5. The van der Waals surface area contributed by atoms with E-state index in [9.17, 15) is 0 Å². The number of nitrogens with zero attached hydrogens (tertiary/aromatic N) is 1. The van der Waals surface area contributed by atoms with Crippen LogP contribution in [0.2, 0.25) is 5.16 Å². The molecule has 0 N–H and O–H groups in total. The van der Waals surface area contributed by atoms with E-state index in [2.05, 4.69) is 32.3 Å². The molecule has 1 atom stereocenters. The van der Waals surface area contributed by atoms with Crippen molar-refractivity contribution < 1.29 is 0 Å². The molecule has 0 bridgehead atoms. The fourth-order valence-electron chi connectivity index (χ4n) is 1.32. The Hall–Kier alpha value is 0.394. The van der Waals surface area contributed by atoms with E-state index < -0.39 is 0 Å². The molecule has 0 radical (unpaired) electrons. The van der Waals surface area contributed by atoms with Crippen molar-refractivity contribution >= 4 is 19.9 Å². The summed E-state index contributed by atoms with van der Waals surface area (Å²) in [6.45, 7) is 10.7. The van der Waals surface area contributed by atoms with Gasteiger partial charge in [0.15, 0.2) is 0 Å². The Bertz CT molecular complexity index is 94.1. The van der Waals surface area contributed by atoms with Crippen molar-refractivity contribution in [1.82, 2.24) is 4.57 Å². The van der Waals surface area contributed by atoms with Gasteiger partial charge < -0.3 is 4.57 Å². The molecule has 1 unspecified atom stereocenters. The lowest BCUT2D eigenvalue weighted by Crippen LogP contribution is -2.36. The van der Waals surface area contributed by atoms with Crippen molar-refractivity contribution in [2.75, 3.05) is 6.54 Å². The fourth-order valence-corrected chi connectivity index (χ4v) is 4.58. The van der Waals surface area contributed by atoms with Gasteiger partial charge in [-0.1, -0.05) is 32.9 Å². The predicted molar refractivity (Wildman–Crippen MR) is 60.0 cm³/mol. The van der Waals surface area contributed by atoms with E-state index in [0.717, 1.165) is 11.2 Å². The summed E-state index contributed by atoms with van der Waals surface area (Å²) in [6, 6.07) is 0.790. The average Bonchev–Trinajstić information content (AvgIpc) is 1.86. The number of hydrogen-bond donors (Lipinski definition) is 0. The molecule has 68 valence electrons. The normalized spacial score (nSPS) is 15.8. The Morgan fingerprint density at radius 1 is 1.36 bits per heavy atom. The lowest BCUT2D eigenvalue weighted by Gasteiger charge is -2.27. The SMILES string of the molecule is CCCN([SiH2]C(C)[SiH3])C(C)C. The van der Waals surface area contributed by atoms with Crippen LogP contribution in [0.3, 0.4) is 0 Å². The van der Waals surface area contributed by atoms with E-state index in [1.165, 1.54) is 23.2 Å². The van der Waals surface area contributed by atoms with Crippen LogP contribution in [0.25, 0.3) is 0 Å². The Kier molecular flexibility index (Phi) is 6.18. The molecule has 0 amide bonds. The molecule has 0 fully saturated rings. The zero-order valence-corrected chi connectivity index (χ0v) is 12.1. The second-order valence-electron chi connectivity index (χ2n) is 3.98. The number of hydrogen-bond acceptors (Lipinski definition) is 1. The van der Waals surface area contributed by atoms with Crippen molar-refractivity contribution in [2.45, 2.75) is 45.3 Å². The lowest BCUT2D eigenvalue weighted by molar-refractivity contribution is 0.369. The third-order valence-electron chi connectivity index (χ3n) is 1.84. The van der Waals surface area contributed by atoms with Crippen molar-refractivity contribution in [3.63, 3.8) is 0 Å². The Labute approximate surface area is 76.9 Å². The van der Waals surface area contributed by atoms with E-state index in [1.807, 2.05) is 0 Å². The van der Waals surface area contributed by atoms with Gasteiger partial charge in [-0.3, -0.25) is 0 Å². The molecule has 0 aromatic heterocycles. The van der Waals surface area contributed by atoms with E-state index in [1.54, 1.807) is 0 Å². The van der Waals surface area contributed by atoms with Gasteiger partial charge in [0.2, 0.25) is 0 Å². The maximum absolute atomic E-state index is 2.72. The summed E-state index contributed by atoms with van der Waals surface area (Å²) in [5.41, 5.74) is 0. The minimum Gasteiger partial charge on any atom is -0.327 e. The first-order valence-electron chi connectivity index (χ1n) is 4.82. The second kappa shape index (κ2) is 5.97. The molecular weight excluding hydrogens is 166 g/mol. The summed E-state index contributed by atoms with van der Waals surface area (Å²) >= 11 is 0. The molecule has 0 saturated carbocycles. The molecule has 11 heavy (non-hydrogen) atoms. The zero-order chi connectivity index (χ0) is 8.85. The highest BCUT2D eigenvalue weighted by Crippen LogP contribution is 2.03. The predicted octanol–water partition coefficient (Wildman–Crippen LogP) is 0.322. The van der Waals surface area contributed by atoms with Gasteiger partial charge in [-0.2, -0.15) is 0 Å². The van der Waals surface area contributed by atoms with Crippen molar-refractivity contribution in [1.29, 1.82) is 0 Å². The highest BCUT2D eigenvalue weighted by atomic mass is 28.3. The van der Waals surface area contributed by atoms with Crippen LogP contribution in [0, 0.1) is 0 Å². The monoisotopic (exact) mass is 189 g/mol. The third kappa shape index (κ3) is 5.64. The Balaban J connectivity index is 3.69. The zero-order valence-electron chi connectivity index (χ0n) is 8.72. The quantitative estimate of drug-likeness (QED) is 0.563. The van der Waals surface area contributed by atoms with Crippen LogP contribution >= 0.6 is 0 Å². The molecule has 0 aliphatic heterocycles. The molecule has 0 rings (SSSR count). The minimum absolute atomic E-state index is 0.0967. The van der Waals surface area contributed by atoms with Crippen LogP contribution in [-0.2, 0) is 0 Å². The molecule has 0 aromatic rings. The van der Waals surface area contributed by atoms with Crippen molar-refractivity contribution in [3.05, 3.63) is 0 Å². The molecule has 0 aliphatic carbocycles.